The zero-order valence-corrected chi connectivity index (χ0v) is 11.5. The Balaban J connectivity index is 1.96. The molecule has 1 saturated heterocycles. The van der Waals surface area contributed by atoms with Crippen molar-refractivity contribution in [1.82, 2.24) is 9.88 Å². The van der Waals surface area contributed by atoms with Gasteiger partial charge < -0.3 is 5.11 Å². The van der Waals surface area contributed by atoms with E-state index in [1.807, 2.05) is 18.5 Å². The minimum atomic E-state index is 0.300. The van der Waals surface area contributed by atoms with Crippen molar-refractivity contribution in [1.29, 1.82) is 0 Å². The molecule has 2 rings (SSSR count). The lowest BCUT2D eigenvalue weighted by Crippen LogP contribution is -2.44. The molecule has 1 fully saturated rings. The van der Waals surface area contributed by atoms with Crippen LogP contribution in [-0.4, -0.2) is 34.7 Å². The third-order valence-electron chi connectivity index (χ3n) is 4.26. The molecule has 0 aliphatic carbocycles. The van der Waals surface area contributed by atoms with Crippen LogP contribution in [-0.2, 0) is 6.54 Å². The van der Waals surface area contributed by atoms with E-state index in [1.165, 1.54) is 12.0 Å². The number of aromatic nitrogens is 1. The fourth-order valence-electron chi connectivity index (χ4n) is 2.83. The number of aliphatic hydroxyl groups is 1. The van der Waals surface area contributed by atoms with Crippen molar-refractivity contribution in [3.63, 3.8) is 0 Å². The Kier molecular flexibility index (Phi) is 4.36. The average Bonchev–Trinajstić information content (AvgIpc) is 2.35. The molecule has 1 aromatic rings. The summed E-state index contributed by atoms with van der Waals surface area (Å²) in [4.78, 5) is 6.66. The largest absolute Gasteiger partial charge is 0.396 e. The Hall–Kier alpha value is -0.930. The molecule has 0 saturated carbocycles. The summed E-state index contributed by atoms with van der Waals surface area (Å²) < 4.78 is 0. The normalized spacial score (nSPS) is 24.1. The molecule has 0 aromatic carbocycles. The van der Waals surface area contributed by atoms with E-state index in [1.54, 1.807) is 0 Å². The van der Waals surface area contributed by atoms with Crippen molar-refractivity contribution in [2.24, 2.45) is 11.3 Å². The van der Waals surface area contributed by atoms with Gasteiger partial charge in [0.15, 0.2) is 0 Å². The van der Waals surface area contributed by atoms with E-state index in [0.29, 0.717) is 17.9 Å². The van der Waals surface area contributed by atoms with E-state index in [2.05, 4.69) is 29.8 Å². The van der Waals surface area contributed by atoms with Crippen LogP contribution in [0.25, 0.3) is 0 Å². The molecule has 0 spiro atoms. The van der Waals surface area contributed by atoms with Crippen LogP contribution in [0.2, 0.25) is 0 Å². The van der Waals surface area contributed by atoms with Gasteiger partial charge in [-0.15, -0.1) is 0 Å². The fourth-order valence-corrected chi connectivity index (χ4v) is 2.83. The van der Waals surface area contributed by atoms with Gasteiger partial charge in [-0.2, -0.15) is 0 Å². The van der Waals surface area contributed by atoms with Gasteiger partial charge >= 0.3 is 0 Å². The molecule has 1 aromatic heterocycles. The van der Waals surface area contributed by atoms with Crippen LogP contribution in [0.5, 0.6) is 0 Å². The molecule has 0 amide bonds. The Bertz CT molecular complexity index is 364. The van der Waals surface area contributed by atoms with Crippen LogP contribution in [0.3, 0.4) is 0 Å². The Labute approximate surface area is 110 Å². The number of hydrogen-bond acceptors (Lipinski definition) is 3. The maximum Gasteiger partial charge on any atom is 0.0434 e. The highest BCUT2D eigenvalue weighted by Gasteiger charge is 2.34. The first-order valence-corrected chi connectivity index (χ1v) is 6.84. The summed E-state index contributed by atoms with van der Waals surface area (Å²) in [5, 5.41) is 9.20. The average molecular weight is 248 g/mol. The third kappa shape index (κ3) is 3.30. The van der Waals surface area contributed by atoms with Gasteiger partial charge in [-0.05, 0) is 42.3 Å². The topological polar surface area (TPSA) is 36.4 Å². The maximum absolute atomic E-state index is 9.20. The molecule has 3 heteroatoms. The Morgan fingerprint density at radius 2 is 2.33 bits per heavy atom. The lowest BCUT2D eigenvalue weighted by Gasteiger charge is -2.44. The van der Waals surface area contributed by atoms with Gasteiger partial charge in [0.05, 0.1) is 0 Å². The van der Waals surface area contributed by atoms with E-state index < -0.39 is 0 Å². The summed E-state index contributed by atoms with van der Waals surface area (Å²) in [5.74, 6) is 0.591. The number of nitrogens with zero attached hydrogens (tertiary/aromatic N) is 2. The molecule has 2 heterocycles. The highest BCUT2D eigenvalue weighted by atomic mass is 16.3. The summed E-state index contributed by atoms with van der Waals surface area (Å²) in [6, 6.07) is 4.13. The second kappa shape index (κ2) is 5.81. The minimum Gasteiger partial charge on any atom is -0.396 e. The third-order valence-corrected chi connectivity index (χ3v) is 4.26. The highest BCUT2D eigenvalue weighted by molar-refractivity contribution is 5.08. The number of rotatable bonds is 4. The molecule has 0 radical (unpaired) electrons. The summed E-state index contributed by atoms with van der Waals surface area (Å²) in [6.07, 6.45) is 5.88. The molecular weight excluding hydrogens is 224 g/mol. The summed E-state index contributed by atoms with van der Waals surface area (Å²) in [5.41, 5.74) is 1.63. The van der Waals surface area contributed by atoms with Crippen LogP contribution in [0.4, 0.5) is 0 Å². The molecule has 1 aliphatic heterocycles. The van der Waals surface area contributed by atoms with Crippen LogP contribution in [0.15, 0.2) is 24.5 Å². The molecular formula is C15H24N2O. The van der Waals surface area contributed by atoms with Gasteiger partial charge in [0.25, 0.3) is 0 Å². The standard InChI is InChI=1S/C15H24N2O/c1-15(2)6-8-17(12-14(15)5-9-18)11-13-4-3-7-16-10-13/h3-4,7,10,14,18H,5-6,8-9,11-12H2,1-2H3. The van der Waals surface area contributed by atoms with Gasteiger partial charge in [-0.25, -0.2) is 0 Å². The second-order valence-electron chi connectivity index (χ2n) is 6.04. The number of likely N-dealkylation sites (tertiary alicyclic amines) is 1. The number of pyridine rings is 1. The smallest absolute Gasteiger partial charge is 0.0434 e. The van der Waals surface area contributed by atoms with Crippen LogP contribution in [0, 0.1) is 11.3 Å². The van der Waals surface area contributed by atoms with E-state index in [9.17, 15) is 5.11 Å². The number of aliphatic hydroxyl groups excluding tert-OH is 1. The van der Waals surface area contributed by atoms with Crippen molar-refractivity contribution in [2.75, 3.05) is 19.7 Å². The predicted molar refractivity (Wildman–Crippen MR) is 73.1 cm³/mol. The minimum absolute atomic E-state index is 0.300. The van der Waals surface area contributed by atoms with Crippen molar-refractivity contribution in [3.8, 4) is 0 Å². The van der Waals surface area contributed by atoms with Gasteiger partial charge in [0.2, 0.25) is 0 Å². The maximum atomic E-state index is 9.20. The first-order valence-electron chi connectivity index (χ1n) is 6.84. The van der Waals surface area contributed by atoms with E-state index in [0.717, 1.165) is 26.1 Å². The van der Waals surface area contributed by atoms with E-state index >= 15 is 0 Å². The zero-order chi connectivity index (χ0) is 13.0. The SMILES string of the molecule is CC1(C)CCN(Cc2cccnc2)CC1CCO. The molecule has 1 unspecified atom stereocenters. The lowest BCUT2D eigenvalue weighted by atomic mass is 9.72. The molecule has 1 atom stereocenters. The van der Waals surface area contributed by atoms with Crippen molar-refractivity contribution in [2.45, 2.75) is 33.2 Å². The van der Waals surface area contributed by atoms with E-state index in [-0.39, 0.29) is 0 Å². The monoisotopic (exact) mass is 248 g/mol. The Morgan fingerprint density at radius 1 is 1.50 bits per heavy atom. The van der Waals surface area contributed by atoms with Gasteiger partial charge in [0, 0.05) is 32.1 Å². The number of piperidine rings is 1. The van der Waals surface area contributed by atoms with Crippen LogP contribution < -0.4 is 0 Å². The van der Waals surface area contributed by atoms with Gasteiger partial charge in [0.1, 0.15) is 0 Å². The molecule has 1 aliphatic rings. The quantitative estimate of drug-likeness (QED) is 0.888. The predicted octanol–water partition coefficient (Wildman–Crippen LogP) is 2.31. The molecule has 0 bridgehead atoms. The van der Waals surface area contributed by atoms with Crippen molar-refractivity contribution >= 4 is 0 Å². The van der Waals surface area contributed by atoms with Gasteiger partial charge in [-0.3, -0.25) is 9.88 Å². The van der Waals surface area contributed by atoms with Crippen molar-refractivity contribution in [3.05, 3.63) is 30.1 Å². The Morgan fingerprint density at radius 3 is 3.00 bits per heavy atom. The van der Waals surface area contributed by atoms with Gasteiger partial charge in [-0.1, -0.05) is 19.9 Å². The first kappa shape index (κ1) is 13.5. The molecule has 3 nitrogen and oxygen atoms in total. The summed E-state index contributed by atoms with van der Waals surface area (Å²) in [6.45, 7) is 8.16. The second-order valence-corrected chi connectivity index (χ2v) is 6.04. The number of hydrogen-bond donors (Lipinski definition) is 1. The first-order chi connectivity index (χ1) is 8.62. The van der Waals surface area contributed by atoms with Crippen molar-refractivity contribution < 1.29 is 5.11 Å². The molecule has 1 N–H and O–H groups in total. The summed E-state index contributed by atoms with van der Waals surface area (Å²) >= 11 is 0. The van der Waals surface area contributed by atoms with Crippen LogP contribution in [0.1, 0.15) is 32.3 Å². The van der Waals surface area contributed by atoms with Crippen LogP contribution >= 0.6 is 0 Å². The molecule has 100 valence electrons. The summed E-state index contributed by atoms with van der Waals surface area (Å²) in [7, 11) is 0. The lowest BCUT2D eigenvalue weighted by molar-refractivity contribution is 0.0398. The molecule has 18 heavy (non-hydrogen) atoms. The highest BCUT2D eigenvalue weighted by Crippen LogP contribution is 2.37. The zero-order valence-electron chi connectivity index (χ0n) is 11.5. The fraction of sp³-hybridized carbons (Fsp3) is 0.667. The van der Waals surface area contributed by atoms with E-state index in [4.69, 9.17) is 0 Å².